The standard InChI is InChI=1S/C44H49N5O7/c1-48(20-19-45-25-40(51)36-14-16-39(50)43-37(36)15-17-41(52)47-43)42(53)18-21-55-33-11-7-8-29(22-33)26-49-27-31-23-34(24-32(31)28-49)56-44(54)46-38-13-6-5-12-35(38)30-9-3-2-4-10-30/h2-17,22,31-32,34,40,45,50-51H,18-21,23-28H2,1H3,(H,46,54)(H,47,52)/t31-,32+,34?,40?. The van der Waals surface area contributed by atoms with E-state index in [0.29, 0.717) is 35.9 Å². The van der Waals surface area contributed by atoms with Crippen molar-refractivity contribution in [1.82, 2.24) is 20.1 Å². The number of rotatable bonds is 15. The number of aliphatic hydroxyl groups is 1. The fraction of sp³-hybridized carbons (Fsp3) is 0.341. The van der Waals surface area contributed by atoms with Gasteiger partial charge in [0.2, 0.25) is 11.5 Å². The number of pyridine rings is 1. The molecule has 56 heavy (non-hydrogen) atoms. The summed E-state index contributed by atoms with van der Waals surface area (Å²) in [4.78, 5) is 44.1. The molecule has 5 N–H and O–H groups in total. The first-order chi connectivity index (χ1) is 27.2. The topological polar surface area (TPSA) is 156 Å². The molecule has 4 atom stereocenters. The third-order valence-corrected chi connectivity index (χ3v) is 10.8. The zero-order valence-corrected chi connectivity index (χ0v) is 31.5. The van der Waals surface area contributed by atoms with Crippen molar-refractivity contribution in [3.05, 3.63) is 125 Å². The molecule has 2 unspecified atom stereocenters. The minimum Gasteiger partial charge on any atom is -0.506 e. The number of para-hydroxylation sites is 1. The average molecular weight is 760 g/mol. The fourth-order valence-electron chi connectivity index (χ4n) is 8.03. The van der Waals surface area contributed by atoms with Gasteiger partial charge in [0.25, 0.3) is 0 Å². The third kappa shape index (κ3) is 9.57. The second kappa shape index (κ2) is 17.8. The van der Waals surface area contributed by atoms with Crippen LogP contribution in [0.3, 0.4) is 0 Å². The predicted octanol–water partition coefficient (Wildman–Crippen LogP) is 5.91. The van der Waals surface area contributed by atoms with Gasteiger partial charge in [0, 0.05) is 63.3 Å². The van der Waals surface area contributed by atoms with Gasteiger partial charge in [-0.05, 0) is 71.7 Å². The summed E-state index contributed by atoms with van der Waals surface area (Å²) in [7, 11) is 1.74. The van der Waals surface area contributed by atoms with Gasteiger partial charge in [-0.15, -0.1) is 0 Å². The molecule has 0 bridgehead atoms. The zero-order chi connectivity index (χ0) is 39.0. The third-order valence-electron chi connectivity index (χ3n) is 10.8. The average Bonchev–Trinajstić information content (AvgIpc) is 3.75. The van der Waals surface area contributed by atoms with Crippen molar-refractivity contribution in [2.75, 3.05) is 51.7 Å². The molecule has 2 aliphatic rings. The van der Waals surface area contributed by atoms with E-state index in [2.05, 4.69) is 26.6 Å². The highest BCUT2D eigenvalue weighted by Gasteiger charge is 2.42. The maximum Gasteiger partial charge on any atom is 0.411 e. The summed E-state index contributed by atoms with van der Waals surface area (Å²) >= 11 is 0. The number of phenols is 1. The molecule has 1 saturated heterocycles. The number of hydrogen-bond donors (Lipinski definition) is 5. The number of nitrogens with zero attached hydrogens (tertiary/aromatic N) is 2. The van der Waals surface area contributed by atoms with E-state index in [1.807, 2.05) is 72.8 Å². The molecule has 1 aliphatic carbocycles. The molecule has 5 aromatic rings. The lowest BCUT2D eigenvalue weighted by molar-refractivity contribution is -0.130. The highest BCUT2D eigenvalue weighted by Crippen LogP contribution is 2.40. The van der Waals surface area contributed by atoms with Gasteiger partial charge in [0.15, 0.2) is 0 Å². The van der Waals surface area contributed by atoms with Gasteiger partial charge >= 0.3 is 6.09 Å². The maximum atomic E-state index is 12.9. The van der Waals surface area contributed by atoms with Crippen LogP contribution < -0.4 is 20.9 Å². The number of likely N-dealkylation sites (N-methyl/N-ethyl adjacent to an activating group) is 1. The van der Waals surface area contributed by atoms with Crippen LogP contribution >= 0.6 is 0 Å². The van der Waals surface area contributed by atoms with Crippen LogP contribution in [0.4, 0.5) is 10.5 Å². The Balaban J connectivity index is 0.793. The minimum atomic E-state index is -0.874. The van der Waals surface area contributed by atoms with E-state index in [-0.39, 0.29) is 48.4 Å². The summed E-state index contributed by atoms with van der Waals surface area (Å²) in [6.45, 7) is 4.13. The minimum absolute atomic E-state index is 0.0441. The monoisotopic (exact) mass is 759 g/mol. The summed E-state index contributed by atoms with van der Waals surface area (Å²) in [5, 5.41) is 27.6. The lowest BCUT2D eigenvalue weighted by Gasteiger charge is -2.20. The second-order valence-electron chi connectivity index (χ2n) is 14.8. The molecule has 292 valence electrons. The Morgan fingerprint density at radius 3 is 2.52 bits per heavy atom. The van der Waals surface area contributed by atoms with Crippen LogP contribution in [0.15, 0.2) is 108 Å². The number of amides is 2. The Hall–Kier alpha value is -5.69. The quantitative estimate of drug-likeness (QED) is 0.0820. The van der Waals surface area contributed by atoms with Gasteiger partial charge in [-0.1, -0.05) is 66.7 Å². The van der Waals surface area contributed by atoms with Crippen molar-refractivity contribution < 1.29 is 29.3 Å². The van der Waals surface area contributed by atoms with Crippen molar-refractivity contribution >= 4 is 28.6 Å². The number of benzene rings is 4. The Morgan fingerprint density at radius 2 is 1.71 bits per heavy atom. The number of carbonyl (C=O) groups is 2. The predicted molar refractivity (Wildman–Crippen MR) is 216 cm³/mol. The normalized spacial score (nSPS) is 18.4. The molecule has 2 fully saturated rings. The summed E-state index contributed by atoms with van der Waals surface area (Å²) in [5.74, 6) is 1.60. The Morgan fingerprint density at radius 1 is 0.946 bits per heavy atom. The highest BCUT2D eigenvalue weighted by atomic mass is 16.6. The molecule has 4 aromatic carbocycles. The van der Waals surface area contributed by atoms with Crippen LogP contribution in [-0.4, -0.2) is 89.5 Å². The van der Waals surface area contributed by atoms with E-state index in [9.17, 15) is 24.6 Å². The molecule has 2 heterocycles. The molecule has 2 amide bonds. The van der Waals surface area contributed by atoms with Crippen molar-refractivity contribution in [1.29, 1.82) is 0 Å². The number of phenolic OH excluding ortho intramolecular Hbond substituents is 1. The van der Waals surface area contributed by atoms with E-state index in [4.69, 9.17) is 9.47 Å². The number of likely N-dealkylation sites (tertiary alicyclic amines) is 1. The number of aliphatic hydroxyl groups excluding tert-OH is 1. The van der Waals surface area contributed by atoms with Crippen LogP contribution in [0.25, 0.3) is 22.0 Å². The van der Waals surface area contributed by atoms with Gasteiger partial charge in [0.1, 0.15) is 17.6 Å². The van der Waals surface area contributed by atoms with Crippen LogP contribution in [0.5, 0.6) is 11.5 Å². The first-order valence-corrected chi connectivity index (χ1v) is 19.2. The summed E-state index contributed by atoms with van der Waals surface area (Å²) < 4.78 is 11.9. The molecule has 1 aliphatic heterocycles. The number of carbonyl (C=O) groups excluding carboxylic acids is 2. The fourth-order valence-corrected chi connectivity index (χ4v) is 8.03. The molecular weight excluding hydrogens is 711 g/mol. The van der Waals surface area contributed by atoms with Gasteiger partial charge < -0.3 is 34.9 Å². The number of aromatic nitrogens is 1. The largest absolute Gasteiger partial charge is 0.506 e. The molecule has 12 nitrogen and oxygen atoms in total. The maximum absolute atomic E-state index is 12.9. The smallest absolute Gasteiger partial charge is 0.411 e. The van der Waals surface area contributed by atoms with Gasteiger partial charge in [-0.25, -0.2) is 4.79 Å². The number of hydrogen-bond acceptors (Lipinski definition) is 9. The van der Waals surface area contributed by atoms with Gasteiger partial charge in [-0.2, -0.15) is 0 Å². The molecular formula is C44H49N5O7. The summed E-state index contributed by atoms with van der Waals surface area (Å²) in [6, 6.07) is 31.8. The number of aromatic hydroxyl groups is 1. The van der Waals surface area contributed by atoms with Crippen molar-refractivity contribution in [2.45, 2.75) is 38.0 Å². The highest BCUT2D eigenvalue weighted by molar-refractivity contribution is 5.91. The first-order valence-electron chi connectivity index (χ1n) is 19.2. The van der Waals surface area contributed by atoms with E-state index in [0.717, 1.165) is 60.6 Å². The summed E-state index contributed by atoms with van der Waals surface area (Å²) in [6.07, 6.45) is 0.580. The van der Waals surface area contributed by atoms with Crippen molar-refractivity contribution in [2.24, 2.45) is 11.8 Å². The number of aromatic amines is 1. The molecule has 1 saturated carbocycles. The lowest BCUT2D eigenvalue weighted by atomic mass is 10.0. The van der Waals surface area contributed by atoms with E-state index < -0.39 is 12.2 Å². The number of fused-ring (bicyclic) bond motifs is 2. The van der Waals surface area contributed by atoms with Crippen LogP contribution in [0.1, 0.15) is 36.5 Å². The molecule has 7 rings (SSSR count). The van der Waals surface area contributed by atoms with Crippen LogP contribution in [-0.2, 0) is 16.1 Å². The van der Waals surface area contributed by atoms with Gasteiger partial charge in [0.05, 0.1) is 30.3 Å². The Bertz CT molecular complexity index is 2180. The molecule has 12 heteroatoms. The van der Waals surface area contributed by atoms with Crippen molar-refractivity contribution in [3.8, 4) is 22.6 Å². The number of nitrogens with one attached hydrogen (secondary N) is 3. The number of ether oxygens (including phenoxy) is 2. The van der Waals surface area contributed by atoms with Crippen LogP contribution in [0.2, 0.25) is 0 Å². The number of H-pyrrole nitrogens is 1. The van der Waals surface area contributed by atoms with Crippen molar-refractivity contribution in [3.63, 3.8) is 0 Å². The van der Waals surface area contributed by atoms with E-state index in [1.54, 1.807) is 24.1 Å². The summed E-state index contributed by atoms with van der Waals surface area (Å²) in [5.41, 5.74) is 4.41. The van der Waals surface area contributed by atoms with E-state index in [1.165, 1.54) is 12.1 Å². The van der Waals surface area contributed by atoms with Gasteiger partial charge in [-0.3, -0.25) is 19.8 Å². The van der Waals surface area contributed by atoms with E-state index >= 15 is 0 Å². The first kappa shape index (κ1) is 38.6. The molecule has 1 aromatic heterocycles. The Kier molecular flexibility index (Phi) is 12.3. The Labute approximate surface area is 326 Å². The lowest BCUT2D eigenvalue weighted by Crippen LogP contribution is -2.35. The molecule has 0 radical (unpaired) electrons. The SMILES string of the molecule is CN(CCNCC(O)c1ccc(O)c2[nH]c(=O)ccc12)C(=O)CCOc1cccc(CN2C[C@H]3CC(OC(=O)Nc4ccccc4-c4ccccc4)C[C@H]3C2)c1. The molecule has 0 spiro atoms. The number of anilines is 1. The van der Waals surface area contributed by atoms with Crippen LogP contribution in [0, 0.1) is 11.8 Å². The second-order valence-corrected chi connectivity index (χ2v) is 14.8. The zero-order valence-electron chi connectivity index (χ0n) is 31.5.